The van der Waals surface area contributed by atoms with Gasteiger partial charge in [-0.1, -0.05) is 19.1 Å². The molecule has 0 spiro atoms. The van der Waals surface area contributed by atoms with Crippen molar-refractivity contribution in [1.29, 1.82) is 0 Å². The first-order valence-electron chi connectivity index (χ1n) is 7.17. The van der Waals surface area contributed by atoms with Crippen LogP contribution in [0.15, 0.2) is 24.3 Å². The number of piperidine rings is 1. The standard InChI is InChI=1S/C15H19ClN4/c1-2-20-9-5-6-11(10-20)17-14-12-7-3-4-8-13(12)18-15(16)19-14/h3-4,7-8,11H,2,5-6,9-10H2,1H3,(H,17,18,19). The summed E-state index contributed by atoms with van der Waals surface area (Å²) in [5.74, 6) is 0.851. The Balaban J connectivity index is 1.86. The van der Waals surface area contributed by atoms with Gasteiger partial charge < -0.3 is 10.2 Å². The summed E-state index contributed by atoms with van der Waals surface area (Å²) in [4.78, 5) is 11.1. The van der Waals surface area contributed by atoms with Crippen molar-refractivity contribution in [2.24, 2.45) is 0 Å². The maximum Gasteiger partial charge on any atom is 0.224 e. The third-order valence-corrected chi connectivity index (χ3v) is 4.04. The minimum absolute atomic E-state index is 0.300. The van der Waals surface area contributed by atoms with Gasteiger partial charge in [-0.15, -0.1) is 0 Å². The fourth-order valence-corrected chi connectivity index (χ4v) is 2.99. The second kappa shape index (κ2) is 5.94. The molecule has 4 nitrogen and oxygen atoms in total. The molecule has 1 fully saturated rings. The zero-order valence-electron chi connectivity index (χ0n) is 11.6. The van der Waals surface area contributed by atoms with Gasteiger partial charge in [0.2, 0.25) is 5.28 Å². The molecule has 0 bridgehead atoms. The Morgan fingerprint density at radius 2 is 2.20 bits per heavy atom. The van der Waals surface area contributed by atoms with Crippen molar-refractivity contribution in [3.05, 3.63) is 29.5 Å². The van der Waals surface area contributed by atoms with Crippen molar-refractivity contribution in [3.8, 4) is 0 Å². The van der Waals surface area contributed by atoms with Crippen molar-refractivity contribution in [1.82, 2.24) is 14.9 Å². The quantitative estimate of drug-likeness (QED) is 0.882. The molecule has 1 saturated heterocycles. The number of para-hydroxylation sites is 1. The Labute approximate surface area is 124 Å². The molecule has 20 heavy (non-hydrogen) atoms. The van der Waals surface area contributed by atoms with E-state index in [0.717, 1.165) is 29.8 Å². The molecule has 3 rings (SSSR count). The van der Waals surface area contributed by atoms with E-state index >= 15 is 0 Å². The van der Waals surface area contributed by atoms with Crippen LogP contribution in [0.25, 0.3) is 10.9 Å². The molecule has 1 aliphatic heterocycles. The fraction of sp³-hybridized carbons (Fsp3) is 0.467. The molecule has 1 N–H and O–H groups in total. The second-order valence-electron chi connectivity index (χ2n) is 5.24. The van der Waals surface area contributed by atoms with Crippen molar-refractivity contribution in [2.75, 3.05) is 25.0 Å². The Bertz CT molecular complexity index is 601. The number of nitrogens with one attached hydrogen (secondary N) is 1. The van der Waals surface area contributed by atoms with Gasteiger partial charge in [0.15, 0.2) is 0 Å². The van der Waals surface area contributed by atoms with Crippen molar-refractivity contribution in [3.63, 3.8) is 0 Å². The lowest BCUT2D eigenvalue weighted by Crippen LogP contribution is -2.42. The topological polar surface area (TPSA) is 41.0 Å². The number of hydrogen-bond acceptors (Lipinski definition) is 4. The second-order valence-corrected chi connectivity index (χ2v) is 5.57. The number of likely N-dealkylation sites (N-methyl/N-ethyl adjacent to an activating group) is 1. The van der Waals surface area contributed by atoms with Gasteiger partial charge in [-0.3, -0.25) is 0 Å². The number of hydrogen-bond donors (Lipinski definition) is 1. The van der Waals surface area contributed by atoms with E-state index in [9.17, 15) is 0 Å². The van der Waals surface area contributed by atoms with Gasteiger partial charge in [0.05, 0.1) is 5.52 Å². The van der Waals surface area contributed by atoms with Gasteiger partial charge in [0, 0.05) is 18.0 Å². The number of rotatable bonds is 3. The van der Waals surface area contributed by atoms with Crippen molar-refractivity contribution >= 4 is 28.3 Å². The minimum Gasteiger partial charge on any atom is -0.365 e. The highest BCUT2D eigenvalue weighted by atomic mass is 35.5. The molecule has 1 aromatic heterocycles. The number of anilines is 1. The maximum absolute atomic E-state index is 6.02. The van der Waals surface area contributed by atoms with E-state index in [-0.39, 0.29) is 0 Å². The molecule has 1 unspecified atom stereocenters. The highest BCUT2D eigenvalue weighted by Gasteiger charge is 2.19. The van der Waals surface area contributed by atoms with Gasteiger partial charge in [0.25, 0.3) is 0 Å². The number of halogens is 1. The average Bonchev–Trinajstić information content (AvgIpc) is 2.47. The SMILES string of the molecule is CCN1CCCC(Nc2nc(Cl)nc3ccccc23)C1. The third-order valence-electron chi connectivity index (χ3n) is 3.87. The lowest BCUT2D eigenvalue weighted by Gasteiger charge is -2.32. The van der Waals surface area contributed by atoms with E-state index in [2.05, 4.69) is 27.1 Å². The number of likely N-dealkylation sites (tertiary alicyclic amines) is 1. The summed E-state index contributed by atoms with van der Waals surface area (Å²) >= 11 is 6.02. The predicted molar refractivity (Wildman–Crippen MR) is 83.3 cm³/mol. The monoisotopic (exact) mass is 290 g/mol. The van der Waals surface area contributed by atoms with Gasteiger partial charge in [-0.25, -0.2) is 9.97 Å². The van der Waals surface area contributed by atoms with Crippen LogP contribution in [0.1, 0.15) is 19.8 Å². The molecule has 106 valence electrons. The fourth-order valence-electron chi connectivity index (χ4n) is 2.81. The highest BCUT2D eigenvalue weighted by molar-refractivity contribution is 6.28. The van der Waals surface area contributed by atoms with Crippen LogP contribution in [-0.2, 0) is 0 Å². The Hall–Kier alpha value is -1.39. The molecular weight excluding hydrogens is 272 g/mol. The molecule has 0 saturated carbocycles. The Morgan fingerprint density at radius 1 is 1.35 bits per heavy atom. The van der Waals surface area contributed by atoms with E-state index < -0.39 is 0 Å². The van der Waals surface area contributed by atoms with Crippen LogP contribution < -0.4 is 5.32 Å². The number of benzene rings is 1. The Morgan fingerprint density at radius 3 is 3.05 bits per heavy atom. The summed E-state index contributed by atoms with van der Waals surface area (Å²) in [5, 5.41) is 4.88. The van der Waals surface area contributed by atoms with E-state index in [1.807, 2.05) is 24.3 Å². The number of fused-ring (bicyclic) bond motifs is 1. The predicted octanol–water partition coefficient (Wildman–Crippen LogP) is 3.18. The molecule has 1 atom stereocenters. The van der Waals surface area contributed by atoms with Gasteiger partial charge in [0.1, 0.15) is 5.82 Å². The summed E-state index contributed by atoms with van der Waals surface area (Å²) < 4.78 is 0. The summed E-state index contributed by atoms with van der Waals surface area (Å²) in [6.45, 7) is 5.56. The number of nitrogens with zero attached hydrogens (tertiary/aromatic N) is 3. The lowest BCUT2D eigenvalue weighted by atomic mass is 10.1. The lowest BCUT2D eigenvalue weighted by molar-refractivity contribution is 0.226. The van der Waals surface area contributed by atoms with Crippen LogP contribution in [0.5, 0.6) is 0 Å². The molecule has 0 radical (unpaired) electrons. The zero-order chi connectivity index (χ0) is 13.9. The molecule has 2 aromatic rings. The zero-order valence-corrected chi connectivity index (χ0v) is 12.4. The van der Waals surface area contributed by atoms with Crippen LogP contribution in [0.3, 0.4) is 0 Å². The first-order chi connectivity index (χ1) is 9.76. The molecule has 2 heterocycles. The van der Waals surface area contributed by atoms with Crippen molar-refractivity contribution < 1.29 is 0 Å². The molecule has 0 amide bonds. The first-order valence-corrected chi connectivity index (χ1v) is 7.55. The summed E-state index contributed by atoms with van der Waals surface area (Å²) in [6, 6.07) is 8.40. The molecule has 1 aliphatic rings. The summed E-state index contributed by atoms with van der Waals surface area (Å²) in [5.41, 5.74) is 0.887. The average molecular weight is 291 g/mol. The third kappa shape index (κ3) is 2.86. The Kier molecular flexibility index (Phi) is 4.03. The molecule has 5 heteroatoms. The van der Waals surface area contributed by atoms with Crippen LogP contribution in [0.4, 0.5) is 5.82 Å². The van der Waals surface area contributed by atoms with Gasteiger partial charge >= 0.3 is 0 Å². The van der Waals surface area contributed by atoms with E-state index in [0.29, 0.717) is 11.3 Å². The molecule has 0 aliphatic carbocycles. The normalized spacial score (nSPS) is 20.2. The van der Waals surface area contributed by atoms with E-state index in [1.54, 1.807) is 0 Å². The van der Waals surface area contributed by atoms with Crippen LogP contribution in [0.2, 0.25) is 5.28 Å². The maximum atomic E-state index is 6.02. The largest absolute Gasteiger partial charge is 0.365 e. The summed E-state index contributed by atoms with van der Waals surface area (Å²) in [6.07, 6.45) is 2.40. The van der Waals surface area contributed by atoms with Gasteiger partial charge in [-0.2, -0.15) is 0 Å². The van der Waals surface area contributed by atoms with Crippen LogP contribution in [-0.4, -0.2) is 40.5 Å². The molecule has 1 aromatic carbocycles. The first kappa shape index (κ1) is 13.6. The van der Waals surface area contributed by atoms with Crippen LogP contribution in [0, 0.1) is 0 Å². The number of aromatic nitrogens is 2. The smallest absolute Gasteiger partial charge is 0.224 e. The molecular formula is C15H19ClN4. The van der Waals surface area contributed by atoms with Crippen molar-refractivity contribution in [2.45, 2.75) is 25.8 Å². The van der Waals surface area contributed by atoms with E-state index in [4.69, 9.17) is 11.6 Å². The minimum atomic E-state index is 0.300. The van der Waals surface area contributed by atoms with E-state index in [1.165, 1.54) is 19.4 Å². The van der Waals surface area contributed by atoms with Gasteiger partial charge in [-0.05, 0) is 49.7 Å². The van der Waals surface area contributed by atoms with Crippen LogP contribution >= 0.6 is 11.6 Å². The highest BCUT2D eigenvalue weighted by Crippen LogP contribution is 2.24. The summed E-state index contributed by atoms with van der Waals surface area (Å²) in [7, 11) is 0.